The van der Waals surface area contributed by atoms with Gasteiger partial charge in [-0.1, -0.05) is 20.3 Å². The van der Waals surface area contributed by atoms with Crippen molar-refractivity contribution in [1.29, 1.82) is 0 Å². The molecule has 110 valence electrons. The molecule has 4 heteroatoms. The number of aryl methyl sites for hydroxylation is 1. The molecule has 1 saturated carbocycles. The van der Waals surface area contributed by atoms with E-state index in [0.29, 0.717) is 17.5 Å². The molecule has 2 N–H and O–H groups in total. The van der Waals surface area contributed by atoms with Crippen molar-refractivity contribution >= 4 is 11.6 Å². The Morgan fingerprint density at radius 1 is 1.45 bits per heavy atom. The van der Waals surface area contributed by atoms with E-state index >= 15 is 0 Å². The standard InChI is InChI=1S/C16H25N3O/c1-5-12-6-7-14(11(12)3)19-16(20)13-9-18-10(2)8-15(13)17-4/h8-9,11-12,14H,5-7H2,1-4H3,(H,17,18)(H,19,20). The lowest BCUT2D eigenvalue weighted by Crippen LogP contribution is -2.37. The summed E-state index contributed by atoms with van der Waals surface area (Å²) in [6.07, 6.45) is 5.15. The Kier molecular flexibility index (Phi) is 4.63. The number of nitrogens with one attached hydrogen (secondary N) is 2. The highest BCUT2D eigenvalue weighted by molar-refractivity contribution is 5.99. The Morgan fingerprint density at radius 2 is 2.20 bits per heavy atom. The van der Waals surface area contributed by atoms with Crippen LogP contribution in [0.25, 0.3) is 0 Å². The van der Waals surface area contributed by atoms with Crippen LogP contribution in [0.4, 0.5) is 5.69 Å². The normalized spacial score (nSPS) is 25.5. The van der Waals surface area contributed by atoms with Crippen LogP contribution in [0.15, 0.2) is 12.3 Å². The topological polar surface area (TPSA) is 54.0 Å². The zero-order valence-corrected chi connectivity index (χ0v) is 12.9. The molecule has 0 aromatic carbocycles. The number of carbonyl (C=O) groups excluding carboxylic acids is 1. The quantitative estimate of drug-likeness (QED) is 0.888. The van der Waals surface area contributed by atoms with E-state index in [1.165, 1.54) is 12.8 Å². The van der Waals surface area contributed by atoms with E-state index in [4.69, 9.17) is 0 Å². The zero-order valence-electron chi connectivity index (χ0n) is 12.9. The maximum atomic E-state index is 12.4. The Balaban J connectivity index is 2.09. The summed E-state index contributed by atoms with van der Waals surface area (Å²) in [7, 11) is 1.83. The molecule has 0 aliphatic heterocycles. The molecule has 0 saturated heterocycles. The van der Waals surface area contributed by atoms with Gasteiger partial charge in [-0.25, -0.2) is 0 Å². The fourth-order valence-electron chi connectivity index (χ4n) is 3.22. The van der Waals surface area contributed by atoms with Crippen LogP contribution in [0.1, 0.15) is 49.2 Å². The first kappa shape index (κ1) is 14.8. The largest absolute Gasteiger partial charge is 0.387 e. The number of anilines is 1. The van der Waals surface area contributed by atoms with E-state index < -0.39 is 0 Å². The van der Waals surface area contributed by atoms with Gasteiger partial charge in [-0.2, -0.15) is 0 Å². The van der Waals surface area contributed by atoms with Crippen molar-refractivity contribution in [2.45, 2.75) is 46.1 Å². The molecule has 2 rings (SSSR count). The monoisotopic (exact) mass is 275 g/mol. The van der Waals surface area contributed by atoms with Crippen LogP contribution in [0.3, 0.4) is 0 Å². The summed E-state index contributed by atoms with van der Waals surface area (Å²) in [5.74, 6) is 1.27. The first-order chi connectivity index (χ1) is 9.56. The van der Waals surface area contributed by atoms with E-state index in [0.717, 1.165) is 23.7 Å². The van der Waals surface area contributed by atoms with Gasteiger partial charge in [0.1, 0.15) is 0 Å². The second-order valence-corrected chi connectivity index (χ2v) is 5.81. The molecule has 1 amide bonds. The maximum absolute atomic E-state index is 12.4. The molecular weight excluding hydrogens is 250 g/mol. The zero-order chi connectivity index (χ0) is 14.7. The van der Waals surface area contributed by atoms with Crippen LogP contribution in [-0.2, 0) is 0 Å². The molecule has 1 aliphatic rings. The van der Waals surface area contributed by atoms with Crippen molar-refractivity contribution in [3.8, 4) is 0 Å². The van der Waals surface area contributed by atoms with Crippen LogP contribution < -0.4 is 10.6 Å². The smallest absolute Gasteiger partial charge is 0.255 e. The summed E-state index contributed by atoms with van der Waals surface area (Å²) in [5.41, 5.74) is 2.38. The second-order valence-electron chi connectivity index (χ2n) is 5.81. The summed E-state index contributed by atoms with van der Waals surface area (Å²) >= 11 is 0. The van der Waals surface area contributed by atoms with Crippen LogP contribution in [0, 0.1) is 18.8 Å². The Morgan fingerprint density at radius 3 is 2.80 bits per heavy atom. The van der Waals surface area contributed by atoms with Gasteiger partial charge in [0.15, 0.2) is 0 Å². The second kappa shape index (κ2) is 6.25. The average molecular weight is 275 g/mol. The van der Waals surface area contributed by atoms with Crippen molar-refractivity contribution < 1.29 is 4.79 Å². The maximum Gasteiger partial charge on any atom is 0.255 e. The van der Waals surface area contributed by atoms with Crippen LogP contribution in [0.2, 0.25) is 0 Å². The SMILES string of the molecule is CCC1CCC(NC(=O)c2cnc(C)cc2NC)C1C. The fourth-order valence-corrected chi connectivity index (χ4v) is 3.22. The summed E-state index contributed by atoms with van der Waals surface area (Å²) in [5, 5.41) is 6.26. The molecule has 0 bridgehead atoms. The van der Waals surface area contributed by atoms with Gasteiger partial charge in [0.05, 0.1) is 11.3 Å². The Labute approximate surface area is 121 Å². The summed E-state index contributed by atoms with van der Waals surface area (Å²) in [4.78, 5) is 16.7. The van der Waals surface area contributed by atoms with E-state index in [9.17, 15) is 4.79 Å². The van der Waals surface area contributed by atoms with Crippen molar-refractivity contribution in [1.82, 2.24) is 10.3 Å². The highest BCUT2D eigenvalue weighted by Gasteiger charge is 2.32. The Bertz CT molecular complexity index is 487. The number of amides is 1. The first-order valence-corrected chi connectivity index (χ1v) is 7.52. The highest BCUT2D eigenvalue weighted by atomic mass is 16.1. The lowest BCUT2D eigenvalue weighted by molar-refractivity contribution is 0.0927. The fraction of sp³-hybridized carbons (Fsp3) is 0.625. The van der Waals surface area contributed by atoms with Crippen molar-refractivity contribution in [2.75, 3.05) is 12.4 Å². The molecule has 3 atom stereocenters. The Hall–Kier alpha value is -1.58. The predicted molar refractivity (Wildman–Crippen MR) is 82.0 cm³/mol. The van der Waals surface area contributed by atoms with Crippen LogP contribution >= 0.6 is 0 Å². The summed E-state index contributed by atoms with van der Waals surface area (Å²) in [6.45, 7) is 6.40. The van der Waals surface area contributed by atoms with Gasteiger partial charge in [-0.3, -0.25) is 9.78 Å². The molecule has 3 unspecified atom stereocenters. The van der Waals surface area contributed by atoms with E-state index in [2.05, 4.69) is 29.5 Å². The average Bonchev–Trinajstić information content (AvgIpc) is 2.79. The van der Waals surface area contributed by atoms with Gasteiger partial charge >= 0.3 is 0 Å². The van der Waals surface area contributed by atoms with Gasteiger partial charge in [0.25, 0.3) is 5.91 Å². The molecule has 20 heavy (non-hydrogen) atoms. The lowest BCUT2D eigenvalue weighted by Gasteiger charge is -2.21. The number of hydrogen-bond donors (Lipinski definition) is 2. The van der Waals surface area contributed by atoms with Gasteiger partial charge in [0.2, 0.25) is 0 Å². The molecular formula is C16H25N3O. The summed E-state index contributed by atoms with van der Waals surface area (Å²) < 4.78 is 0. The predicted octanol–water partition coefficient (Wildman–Crippen LogP) is 2.99. The van der Waals surface area contributed by atoms with Crippen LogP contribution in [0.5, 0.6) is 0 Å². The van der Waals surface area contributed by atoms with Gasteiger partial charge in [-0.05, 0) is 37.7 Å². The van der Waals surface area contributed by atoms with Gasteiger partial charge in [-0.15, -0.1) is 0 Å². The molecule has 1 heterocycles. The van der Waals surface area contributed by atoms with E-state index in [-0.39, 0.29) is 5.91 Å². The third kappa shape index (κ3) is 2.94. The number of pyridine rings is 1. The van der Waals surface area contributed by atoms with Crippen molar-refractivity contribution in [2.24, 2.45) is 11.8 Å². The number of hydrogen-bond acceptors (Lipinski definition) is 3. The first-order valence-electron chi connectivity index (χ1n) is 7.52. The minimum Gasteiger partial charge on any atom is -0.387 e. The van der Waals surface area contributed by atoms with E-state index in [1.54, 1.807) is 6.20 Å². The summed E-state index contributed by atoms with van der Waals surface area (Å²) in [6, 6.07) is 2.19. The van der Waals surface area contributed by atoms with Crippen molar-refractivity contribution in [3.05, 3.63) is 23.5 Å². The number of nitrogens with zero attached hydrogens (tertiary/aromatic N) is 1. The molecule has 1 aliphatic carbocycles. The highest BCUT2D eigenvalue weighted by Crippen LogP contribution is 2.34. The van der Waals surface area contributed by atoms with Gasteiger partial charge < -0.3 is 10.6 Å². The molecule has 1 fully saturated rings. The minimum atomic E-state index is -0.0181. The lowest BCUT2D eigenvalue weighted by atomic mass is 9.93. The third-order valence-electron chi connectivity index (χ3n) is 4.62. The minimum absolute atomic E-state index is 0.0181. The van der Waals surface area contributed by atoms with E-state index in [1.807, 2.05) is 20.0 Å². The van der Waals surface area contributed by atoms with Crippen molar-refractivity contribution in [3.63, 3.8) is 0 Å². The molecule has 1 aromatic heterocycles. The van der Waals surface area contributed by atoms with Crippen LogP contribution in [-0.4, -0.2) is 24.0 Å². The molecule has 0 radical (unpaired) electrons. The van der Waals surface area contributed by atoms with Gasteiger partial charge in [0, 0.05) is 25.0 Å². The molecule has 0 spiro atoms. The number of aromatic nitrogens is 1. The molecule has 1 aromatic rings. The number of rotatable bonds is 4. The third-order valence-corrected chi connectivity index (χ3v) is 4.62. The molecule has 4 nitrogen and oxygen atoms in total. The number of carbonyl (C=O) groups is 1.